The third kappa shape index (κ3) is 1.31. The molecule has 0 unspecified atom stereocenters. The summed E-state index contributed by atoms with van der Waals surface area (Å²) >= 11 is 5.85. The van der Waals surface area contributed by atoms with Crippen LogP contribution in [0.25, 0.3) is 0 Å². The second kappa shape index (κ2) is 2.71. The molecule has 1 aliphatic carbocycles. The lowest BCUT2D eigenvalue weighted by Gasteiger charge is -2.09. The zero-order valence-corrected chi connectivity index (χ0v) is 6.93. The molecule has 1 heteroatoms. The van der Waals surface area contributed by atoms with E-state index in [1.807, 2.05) is 6.07 Å². The molecule has 0 aliphatic heterocycles. The molecule has 0 heterocycles. The van der Waals surface area contributed by atoms with Gasteiger partial charge in [-0.2, -0.15) is 0 Å². The number of hydrogen-bond acceptors (Lipinski definition) is 0. The number of fused-ring (bicyclic) bond motifs is 1. The van der Waals surface area contributed by atoms with Gasteiger partial charge in [0.15, 0.2) is 0 Å². The summed E-state index contributed by atoms with van der Waals surface area (Å²) in [6.45, 7) is 0. The van der Waals surface area contributed by atoms with Crippen molar-refractivity contribution in [2.75, 3.05) is 0 Å². The summed E-state index contributed by atoms with van der Waals surface area (Å²) in [4.78, 5) is 0. The number of benzene rings is 1. The van der Waals surface area contributed by atoms with Gasteiger partial charge < -0.3 is 0 Å². The van der Waals surface area contributed by atoms with Gasteiger partial charge in [-0.1, -0.05) is 29.8 Å². The summed E-state index contributed by atoms with van der Waals surface area (Å²) in [5.41, 5.74) is 2.79. The molecule has 1 aromatic rings. The molecular weight excluding hydrogens is 156 g/mol. The lowest BCUT2D eigenvalue weighted by atomic mass is 9.97. The molecule has 11 heavy (non-hydrogen) atoms. The predicted octanol–water partition coefficient (Wildman–Crippen LogP) is 2.99. The lowest BCUT2D eigenvalue weighted by Crippen LogP contribution is -1.95. The third-order valence-corrected chi connectivity index (χ3v) is 2.25. The average molecular weight is 165 g/mol. The van der Waals surface area contributed by atoms with Crippen molar-refractivity contribution in [3.63, 3.8) is 0 Å². The molecular formula is C10H9Cl. The fourth-order valence-corrected chi connectivity index (χ4v) is 1.60. The Bertz CT molecular complexity index is 300. The number of hydrogen-bond donors (Lipinski definition) is 0. The molecule has 0 nitrogen and oxygen atoms in total. The van der Waals surface area contributed by atoms with Crippen molar-refractivity contribution in [3.8, 4) is 0 Å². The molecule has 1 aliphatic rings. The largest absolute Gasteiger partial charge is 0.0843 e. The summed E-state index contributed by atoms with van der Waals surface area (Å²) in [7, 11) is 0. The van der Waals surface area contributed by atoms with Gasteiger partial charge in [-0.15, -0.1) is 0 Å². The van der Waals surface area contributed by atoms with E-state index in [2.05, 4.69) is 24.3 Å². The van der Waals surface area contributed by atoms with E-state index in [1.54, 1.807) is 0 Å². The molecule has 0 fully saturated rings. The molecule has 0 radical (unpaired) electrons. The Balaban J connectivity index is 2.48. The van der Waals surface area contributed by atoms with E-state index in [4.69, 9.17) is 11.6 Å². The number of allylic oxidation sites excluding steroid dienone is 2. The maximum Gasteiger partial charge on any atom is 0.0409 e. The maximum absolute atomic E-state index is 5.85. The Morgan fingerprint density at radius 2 is 1.73 bits per heavy atom. The predicted molar refractivity (Wildman–Crippen MR) is 48.0 cm³/mol. The molecule has 56 valence electrons. The van der Waals surface area contributed by atoms with Crippen LogP contribution in [0.1, 0.15) is 11.1 Å². The normalized spacial score (nSPS) is 14.6. The first-order valence-corrected chi connectivity index (χ1v) is 4.16. The van der Waals surface area contributed by atoms with E-state index < -0.39 is 0 Å². The second-order valence-electron chi connectivity index (χ2n) is 2.79. The first-order chi connectivity index (χ1) is 5.36. The number of halogens is 1. The van der Waals surface area contributed by atoms with Crippen LogP contribution in [0.3, 0.4) is 0 Å². The van der Waals surface area contributed by atoms with Crippen molar-refractivity contribution in [1.82, 2.24) is 0 Å². The second-order valence-corrected chi connectivity index (χ2v) is 3.23. The van der Waals surface area contributed by atoms with Gasteiger partial charge in [-0.25, -0.2) is 0 Å². The van der Waals surface area contributed by atoms with Gasteiger partial charge in [0, 0.05) is 5.02 Å². The summed E-state index contributed by atoms with van der Waals surface area (Å²) in [5, 5.41) is 0.846. The van der Waals surface area contributed by atoms with Crippen LogP contribution in [-0.2, 0) is 12.8 Å². The van der Waals surface area contributed by atoms with Crippen molar-refractivity contribution in [3.05, 3.63) is 46.5 Å². The highest BCUT2D eigenvalue weighted by Gasteiger charge is 2.03. The van der Waals surface area contributed by atoms with Crippen LogP contribution in [0.4, 0.5) is 0 Å². The first-order valence-electron chi connectivity index (χ1n) is 3.78. The van der Waals surface area contributed by atoms with Crippen molar-refractivity contribution >= 4 is 11.6 Å². The van der Waals surface area contributed by atoms with E-state index in [0.29, 0.717) is 0 Å². The van der Waals surface area contributed by atoms with Crippen LogP contribution in [0, 0.1) is 0 Å². The van der Waals surface area contributed by atoms with Crippen LogP contribution in [0.5, 0.6) is 0 Å². The standard InChI is InChI=1S/C10H9Cl/c11-10-6-5-8-3-1-2-4-9(8)7-10/h1-2,5-7H,3-4H2. The van der Waals surface area contributed by atoms with Crippen molar-refractivity contribution in [2.45, 2.75) is 12.8 Å². The van der Waals surface area contributed by atoms with Gasteiger partial charge in [0.2, 0.25) is 0 Å². The Morgan fingerprint density at radius 1 is 1.00 bits per heavy atom. The summed E-state index contributed by atoms with van der Waals surface area (Å²) < 4.78 is 0. The zero-order valence-electron chi connectivity index (χ0n) is 6.18. The van der Waals surface area contributed by atoms with Crippen molar-refractivity contribution in [2.24, 2.45) is 0 Å². The van der Waals surface area contributed by atoms with Crippen molar-refractivity contribution < 1.29 is 0 Å². The molecule has 1 aromatic carbocycles. The third-order valence-electron chi connectivity index (χ3n) is 2.01. The SMILES string of the molecule is Clc1ccc2c(c1)CC=CC2. The Hall–Kier alpha value is -0.750. The van der Waals surface area contributed by atoms with Crippen LogP contribution in [0.15, 0.2) is 30.4 Å². The molecule has 0 amide bonds. The quantitative estimate of drug-likeness (QED) is 0.518. The highest BCUT2D eigenvalue weighted by Crippen LogP contribution is 2.20. The van der Waals surface area contributed by atoms with Gasteiger partial charge in [0.05, 0.1) is 0 Å². The molecule has 0 atom stereocenters. The van der Waals surface area contributed by atoms with Gasteiger partial charge in [0.1, 0.15) is 0 Å². The van der Waals surface area contributed by atoms with Gasteiger partial charge in [-0.05, 0) is 36.1 Å². The first kappa shape index (κ1) is 6.93. The molecule has 2 rings (SSSR count). The van der Waals surface area contributed by atoms with E-state index in [1.165, 1.54) is 11.1 Å². The summed E-state index contributed by atoms with van der Waals surface area (Å²) in [6.07, 6.45) is 6.50. The van der Waals surface area contributed by atoms with Crippen LogP contribution >= 0.6 is 11.6 Å². The molecule has 0 saturated carbocycles. The van der Waals surface area contributed by atoms with E-state index in [0.717, 1.165) is 17.9 Å². The van der Waals surface area contributed by atoms with Gasteiger partial charge in [-0.3, -0.25) is 0 Å². The average Bonchev–Trinajstić information content (AvgIpc) is 2.04. The van der Waals surface area contributed by atoms with E-state index >= 15 is 0 Å². The maximum atomic E-state index is 5.85. The molecule has 0 spiro atoms. The molecule has 0 bridgehead atoms. The minimum absolute atomic E-state index is 0.846. The van der Waals surface area contributed by atoms with Crippen LogP contribution in [-0.4, -0.2) is 0 Å². The van der Waals surface area contributed by atoms with Crippen molar-refractivity contribution in [1.29, 1.82) is 0 Å². The fraction of sp³-hybridized carbons (Fsp3) is 0.200. The van der Waals surface area contributed by atoms with Gasteiger partial charge in [0.25, 0.3) is 0 Å². The van der Waals surface area contributed by atoms with E-state index in [-0.39, 0.29) is 0 Å². The highest BCUT2D eigenvalue weighted by atomic mass is 35.5. The Morgan fingerprint density at radius 3 is 2.55 bits per heavy atom. The van der Waals surface area contributed by atoms with Crippen LogP contribution < -0.4 is 0 Å². The fourth-order valence-electron chi connectivity index (χ4n) is 1.40. The molecule has 0 aromatic heterocycles. The summed E-state index contributed by atoms with van der Waals surface area (Å²) in [5.74, 6) is 0. The Kier molecular flexibility index (Phi) is 1.71. The molecule has 0 saturated heterocycles. The molecule has 0 N–H and O–H groups in total. The van der Waals surface area contributed by atoms with E-state index in [9.17, 15) is 0 Å². The monoisotopic (exact) mass is 164 g/mol. The zero-order chi connectivity index (χ0) is 7.68. The van der Waals surface area contributed by atoms with Crippen LogP contribution in [0.2, 0.25) is 5.02 Å². The minimum atomic E-state index is 0.846. The summed E-state index contributed by atoms with van der Waals surface area (Å²) in [6, 6.07) is 6.13. The highest BCUT2D eigenvalue weighted by molar-refractivity contribution is 6.30. The van der Waals surface area contributed by atoms with Gasteiger partial charge >= 0.3 is 0 Å². The Labute approximate surface area is 71.5 Å². The minimum Gasteiger partial charge on any atom is -0.0843 e. The smallest absolute Gasteiger partial charge is 0.0409 e. The number of rotatable bonds is 0. The topological polar surface area (TPSA) is 0 Å². The lowest BCUT2D eigenvalue weighted by molar-refractivity contribution is 1.09.